The Kier molecular flexibility index (Phi) is 3.50. The lowest BCUT2D eigenvalue weighted by Crippen LogP contribution is -1.77. The Morgan fingerprint density at radius 3 is 3.25 bits per heavy atom. The second kappa shape index (κ2) is 5.01. The Hall–Kier alpha value is -1.71. The summed E-state index contributed by atoms with van der Waals surface area (Å²) in [5.74, 6) is 0. The van der Waals surface area contributed by atoms with Crippen molar-refractivity contribution in [3.63, 3.8) is 0 Å². The van der Waals surface area contributed by atoms with Crippen molar-refractivity contribution in [2.75, 3.05) is 0 Å². The fourth-order valence-electron chi connectivity index (χ4n) is 0.619. The molecule has 0 aliphatic carbocycles. The summed E-state index contributed by atoms with van der Waals surface area (Å²) in [6.07, 6.45) is 9.01. The van der Waals surface area contributed by atoms with E-state index in [4.69, 9.17) is 0 Å². The molecular formula is C8H9N3O. The van der Waals surface area contributed by atoms with E-state index in [1.54, 1.807) is 24.7 Å². The first kappa shape index (κ1) is 8.39. The van der Waals surface area contributed by atoms with Gasteiger partial charge in [-0.3, -0.25) is 4.99 Å². The third-order valence-corrected chi connectivity index (χ3v) is 1.12. The molecule has 0 saturated carbocycles. The van der Waals surface area contributed by atoms with E-state index < -0.39 is 0 Å². The van der Waals surface area contributed by atoms with Gasteiger partial charge in [0.1, 0.15) is 5.69 Å². The summed E-state index contributed by atoms with van der Waals surface area (Å²) >= 11 is 0. The van der Waals surface area contributed by atoms with Crippen molar-refractivity contribution >= 4 is 6.21 Å². The summed E-state index contributed by atoms with van der Waals surface area (Å²) in [6.45, 7) is 3.49. The van der Waals surface area contributed by atoms with Crippen LogP contribution in [0.25, 0.3) is 0 Å². The zero-order valence-electron chi connectivity index (χ0n) is 6.55. The molecule has 0 aromatic carbocycles. The Morgan fingerprint density at radius 2 is 2.58 bits per heavy atom. The van der Waals surface area contributed by atoms with Crippen LogP contribution in [-0.4, -0.2) is 16.5 Å². The third-order valence-electron chi connectivity index (χ3n) is 1.12. The van der Waals surface area contributed by atoms with Crippen molar-refractivity contribution in [3.05, 3.63) is 36.8 Å². The highest BCUT2D eigenvalue weighted by Crippen LogP contribution is 1.92. The molecule has 0 aliphatic heterocycles. The molecule has 0 N–H and O–H groups in total. The monoisotopic (exact) mass is 163 g/mol. The van der Waals surface area contributed by atoms with E-state index in [0.29, 0.717) is 6.42 Å². The Labute approximate surface area is 70.3 Å². The first-order valence-electron chi connectivity index (χ1n) is 3.49. The molecular weight excluding hydrogens is 154 g/mol. The standard InChI is InChI=1S/C8H9N3O/c1-2-5-9-6-3-4-8-7-10-12-11-8/h2-3,5-7H,1,4H2/b6-3-,9-5?. The van der Waals surface area contributed by atoms with E-state index in [-0.39, 0.29) is 0 Å². The van der Waals surface area contributed by atoms with Crippen molar-refractivity contribution in [3.8, 4) is 0 Å². The number of allylic oxidation sites excluding steroid dienone is 2. The second-order valence-corrected chi connectivity index (χ2v) is 2.02. The molecule has 0 unspecified atom stereocenters. The van der Waals surface area contributed by atoms with Gasteiger partial charge in [0.05, 0.1) is 6.20 Å². The van der Waals surface area contributed by atoms with E-state index in [1.165, 1.54) is 0 Å². The van der Waals surface area contributed by atoms with Gasteiger partial charge in [0.2, 0.25) is 0 Å². The quantitative estimate of drug-likeness (QED) is 0.630. The predicted octanol–water partition coefficient (Wildman–Crippen LogP) is 1.38. The number of rotatable bonds is 4. The number of aromatic nitrogens is 2. The molecule has 4 heteroatoms. The van der Waals surface area contributed by atoms with Crippen molar-refractivity contribution < 1.29 is 4.63 Å². The number of hydrogen-bond donors (Lipinski definition) is 0. The van der Waals surface area contributed by atoms with Crippen LogP contribution in [0.5, 0.6) is 0 Å². The van der Waals surface area contributed by atoms with Gasteiger partial charge >= 0.3 is 0 Å². The van der Waals surface area contributed by atoms with E-state index in [9.17, 15) is 0 Å². The molecule has 1 aromatic rings. The lowest BCUT2D eigenvalue weighted by molar-refractivity contribution is 0.304. The molecule has 0 aliphatic rings. The van der Waals surface area contributed by atoms with Gasteiger partial charge in [0.25, 0.3) is 0 Å². The van der Waals surface area contributed by atoms with E-state index in [0.717, 1.165) is 5.69 Å². The van der Waals surface area contributed by atoms with Crippen LogP contribution in [0.3, 0.4) is 0 Å². The summed E-state index contributed by atoms with van der Waals surface area (Å²) in [6, 6.07) is 0. The van der Waals surface area contributed by atoms with Gasteiger partial charge in [0, 0.05) is 18.8 Å². The molecule has 12 heavy (non-hydrogen) atoms. The van der Waals surface area contributed by atoms with Gasteiger partial charge in [-0.05, 0) is 0 Å². The van der Waals surface area contributed by atoms with E-state index >= 15 is 0 Å². The van der Waals surface area contributed by atoms with Crippen LogP contribution in [0.2, 0.25) is 0 Å². The molecule has 0 amide bonds. The largest absolute Gasteiger partial charge is 0.265 e. The summed E-state index contributed by atoms with van der Waals surface area (Å²) in [7, 11) is 0. The highest BCUT2D eigenvalue weighted by Gasteiger charge is 1.91. The minimum absolute atomic E-state index is 0.679. The Balaban J connectivity index is 2.30. The van der Waals surface area contributed by atoms with E-state index in [1.807, 2.05) is 6.08 Å². The van der Waals surface area contributed by atoms with Crippen molar-refractivity contribution in [1.82, 2.24) is 10.3 Å². The molecule has 0 saturated heterocycles. The maximum atomic E-state index is 4.40. The molecule has 0 radical (unpaired) electrons. The van der Waals surface area contributed by atoms with Crippen LogP contribution in [0.4, 0.5) is 0 Å². The molecule has 1 aromatic heterocycles. The molecule has 0 bridgehead atoms. The Morgan fingerprint density at radius 1 is 1.67 bits per heavy atom. The van der Waals surface area contributed by atoms with Crippen molar-refractivity contribution in [1.29, 1.82) is 0 Å². The lowest BCUT2D eigenvalue weighted by atomic mass is 10.3. The van der Waals surface area contributed by atoms with Gasteiger partial charge in [-0.1, -0.05) is 29.0 Å². The number of aliphatic imine (C=N–C) groups is 1. The highest BCUT2D eigenvalue weighted by molar-refractivity contribution is 5.70. The molecule has 4 nitrogen and oxygen atoms in total. The first-order chi connectivity index (χ1) is 5.93. The van der Waals surface area contributed by atoms with Crippen LogP contribution in [-0.2, 0) is 6.42 Å². The lowest BCUT2D eigenvalue weighted by Gasteiger charge is -1.80. The van der Waals surface area contributed by atoms with Gasteiger partial charge in [-0.2, -0.15) is 0 Å². The topological polar surface area (TPSA) is 51.3 Å². The summed E-state index contributed by atoms with van der Waals surface area (Å²) in [4.78, 5) is 3.89. The summed E-state index contributed by atoms with van der Waals surface area (Å²) in [5.41, 5.74) is 0.792. The van der Waals surface area contributed by atoms with Crippen molar-refractivity contribution in [2.45, 2.75) is 6.42 Å². The van der Waals surface area contributed by atoms with Crippen molar-refractivity contribution in [2.24, 2.45) is 4.99 Å². The highest BCUT2D eigenvalue weighted by atomic mass is 16.6. The first-order valence-corrected chi connectivity index (χ1v) is 3.49. The van der Waals surface area contributed by atoms with Crippen LogP contribution in [0.15, 0.2) is 40.7 Å². The third kappa shape index (κ3) is 2.92. The molecule has 62 valence electrons. The van der Waals surface area contributed by atoms with Crippen LogP contribution < -0.4 is 0 Å². The number of nitrogens with zero attached hydrogens (tertiary/aromatic N) is 3. The Bertz CT molecular complexity index is 275. The molecule has 1 rings (SSSR count). The maximum absolute atomic E-state index is 4.40. The minimum Gasteiger partial charge on any atom is -0.265 e. The van der Waals surface area contributed by atoms with Crippen LogP contribution in [0, 0.1) is 0 Å². The van der Waals surface area contributed by atoms with E-state index in [2.05, 4.69) is 26.5 Å². The minimum atomic E-state index is 0.679. The molecule has 0 atom stereocenters. The predicted molar refractivity (Wildman–Crippen MR) is 45.8 cm³/mol. The van der Waals surface area contributed by atoms with Gasteiger partial charge in [-0.25, -0.2) is 4.63 Å². The fraction of sp³-hybridized carbons (Fsp3) is 0.125. The zero-order valence-corrected chi connectivity index (χ0v) is 6.55. The summed E-state index contributed by atoms with van der Waals surface area (Å²) < 4.78 is 4.40. The van der Waals surface area contributed by atoms with Crippen LogP contribution >= 0.6 is 0 Å². The average molecular weight is 163 g/mol. The van der Waals surface area contributed by atoms with Gasteiger partial charge in [-0.15, -0.1) is 0 Å². The van der Waals surface area contributed by atoms with Gasteiger partial charge in [0.15, 0.2) is 0 Å². The molecule has 0 spiro atoms. The molecule has 1 heterocycles. The SMILES string of the molecule is C=CC=N/C=C\Cc1cnon1. The maximum Gasteiger partial charge on any atom is 0.108 e. The average Bonchev–Trinajstić information content (AvgIpc) is 2.57. The zero-order chi connectivity index (χ0) is 8.65. The normalized spacial score (nSPS) is 11.3. The number of hydrogen-bond acceptors (Lipinski definition) is 4. The summed E-state index contributed by atoms with van der Waals surface area (Å²) in [5, 5.41) is 7.09. The fourth-order valence-corrected chi connectivity index (χ4v) is 0.619. The smallest absolute Gasteiger partial charge is 0.108 e. The van der Waals surface area contributed by atoms with Crippen LogP contribution in [0.1, 0.15) is 5.69 Å². The van der Waals surface area contributed by atoms with Gasteiger partial charge < -0.3 is 0 Å². The molecule has 0 fully saturated rings. The second-order valence-electron chi connectivity index (χ2n) is 2.02.